The predicted octanol–water partition coefficient (Wildman–Crippen LogP) is 0.447. The van der Waals surface area contributed by atoms with E-state index in [2.05, 4.69) is 0 Å². The first kappa shape index (κ1) is 19.6. The maximum absolute atomic E-state index is 12.4. The lowest BCUT2D eigenvalue weighted by Crippen LogP contribution is -2.30. The van der Waals surface area contributed by atoms with Gasteiger partial charge in [0.2, 0.25) is 10.0 Å². The van der Waals surface area contributed by atoms with Crippen molar-refractivity contribution in [3.05, 3.63) is 64.1 Å². The van der Waals surface area contributed by atoms with Crippen molar-refractivity contribution >= 4 is 32.7 Å². The second-order valence-corrected chi connectivity index (χ2v) is 8.42. The van der Waals surface area contributed by atoms with E-state index in [9.17, 15) is 18.0 Å². The zero-order chi connectivity index (χ0) is 20.6. The van der Waals surface area contributed by atoms with Gasteiger partial charge in [0.1, 0.15) is 0 Å². The molecule has 3 N–H and O–H groups in total. The van der Waals surface area contributed by atoms with Gasteiger partial charge < -0.3 is 0 Å². The largest absolute Gasteiger partial charge is 0.328 e. The number of amides is 1. The Morgan fingerprint density at radius 2 is 1.68 bits per heavy atom. The van der Waals surface area contributed by atoms with Crippen molar-refractivity contribution in [2.75, 3.05) is 10.6 Å². The Hall–Kier alpha value is -3.11. The minimum atomic E-state index is -3.59. The Labute approximate surface area is 162 Å². The van der Waals surface area contributed by atoms with E-state index in [1.54, 1.807) is 56.6 Å². The second kappa shape index (κ2) is 7.13. The number of rotatable bonds is 5. The van der Waals surface area contributed by atoms with Gasteiger partial charge in [0.05, 0.1) is 29.5 Å². The van der Waals surface area contributed by atoms with Crippen molar-refractivity contribution < 1.29 is 13.2 Å². The Balaban J connectivity index is 2.02. The minimum absolute atomic E-state index is 0.0790. The first-order valence-electron chi connectivity index (χ1n) is 8.36. The average molecular weight is 403 g/mol. The number of carbonyl (C=O) groups excluding carboxylic acids is 1. The number of fused-ring (bicyclic) bond motifs is 1. The highest BCUT2D eigenvalue weighted by atomic mass is 32.2. The number of nitrogens with one attached hydrogen (secondary N) is 1. The normalized spacial score (nSPS) is 11.6. The molecule has 0 saturated heterocycles. The van der Waals surface area contributed by atoms with E-state index in [-0.39, 0.29) is 12.2 Å². The molecule has 0 unspecified atom stereocenters. The lowest BCUT2D eigenvalue weighted by Gasteiger charge is -2.23. The number of aryl methyl sites for hydroxylation is 2. The smallest absolute Gasteiger partial charge is 0.295 e. The SMILES string of the molecule is Cn1c(=O)n(C)c2cc(N(Cc3ccc(C(=O)NN)cc3)S(C)(=O)=O)ccc21. The van der Waals surface area contributed by atoms with Crippen LogP contribution in [-0.2, 0) is 30.7 Å². The minimum Gasteiger partial charge on any atom is -0.295 e. The number of aromatic nitrogens is 2. The van der Waals surface area contributed by atoms with E-state index in [1.165, 1.54) is 13.4 Å². The van der Waals surface area contributed by atoms with Gasteiger partial charge in [-0.05, 0) is 35.9 Å². The van der Waals surface area contributed by atoms with Crippen LogP contribution >= 0.6 is 0 Å². The van der Waals surface area contributed by atoms with E-state index in [4.69, 9.17) is 5.84 Å². The van der Waals surface area contributed by atoms with Gasteiger partial charge in [-0.15, -0.1) is 0 Å². The fraction of sp³-hybridized carbons (Fsp3) is 0.222. The third kappa shape index (κ3) is 3.51. The number of nitrogens with zero attached hydrogens (tertiary/aromatic N) is 3. The highest BCUT2D eigenvalue weighted by molar-refractivity contribution is 7.92. The van der Waals surface area contributed by atoms with Crippen molar-refractivity contribution in [3.63, 3.8) is 0 Å². The van der Waals surface area contributed by atoms with E-state index in [0.29, 0.717) is 27.8 Å². The highest BCUT2D eigenvalue weighted by Gasteiger charge is 2.20. The molecular formula is C18H21N5O4S. The molecule has 1 heterocycles. The van der Waals surface area contributed by atoms with Crippen LogP contribution in [0.25, 0.3) is 11.0 Å². The van der Waals surface area contributed by atoms with Crippen molar-refractivity contribution in [1.82, 2.24) is 14.6 Å². The Bertz CT molecular complexity index is 1210. The summed E-state index contributed by atoms with van der Waals surface area (Å²) in [5.41, 5.74) is 4.71. The number of hydrogen-bond donors (Lipinski definition) is 2. The van der Waals surface area contributed by atoms with Gasteiger partial charge in [-0.1, -0.05) is 12.1 Å². The highest BCUT2D eigenvalue weighted by Crippen LogP contribution is 2.25. The molecule has 0 fully saturated rings. The van der Waals surface area contributed by atoms with Gasteiger partial charge in [-0.3, -0.25) is 23.7 Å². The Morgan fingerprint density at radius 1 is 1.07 bits per heavy atom. The van der Waals surface area contributed by atoms with Gasteiger partial charge in [-0.2, -0.15) is 0 Å². The molecule has 3 aromatic rings. The quantitative estimate of drug-likeness (QED) is 0.364. The van der Waals surface area contributed by atoms with Crippen LogP contribution in [-0.4, -0.2) is 29.7 Å². The zero-order valence-corrected chi connectivity index (χ0v) is 16.5. The molecule has 28 heavy (non-hydrogen) atoms. The third-order valence-electron chi connectivity index (χ3n) is 4.62. The zero-order valence-electron chi connectivity index (χ0n) is 15.7. The van der Waals surface area contributed by atoms with Crippen LogP contribution in [0.3, 0.4) is 0 Å². The molecule has 10 heteroatoms. The maximum atomic E-state index is 12.4. The fourth-order valence-electron chi connectivity index (χ4n) is 3.06. The summed E-state index contributed by atoms with van der Waals surface area (Å²) >= 11 is 0. The molecule has 0 saturated carbocycles. The first-order chi connectivity index (χ1) is 13.1. The number of imidazole rings is 1. The number of nitrogens with two attached hydrogens (primary N) is 1. The van der Waals surface area contributed by atoms with E-state index in [0.717, 1.165) is 6.26 Å². The van der Waals surface area contributed by atoms with Gasteiger partial charge in [-0.25, -0.2) is 19.1 Å². The molecule has 2 aromatic carbocycles. The molecule has 0 spiro atoms. The van der Waals surface area contributed by atoms with Gasteiger partial charge in [0.15, 0.2) is 0 Å². The molecule has 1 amide bonds. The predicted molar refractivity (Wildman–Crippen MR) is 107 cm³/mol. The van der Waals surface area contributed by atoms with Gasteiger partial charge in [0.25, 0.3) is 5.91 Å². The topological polar surface area (TPSA) is 119 Å². The summed E-state index contributed by atoms with van der Waals surface area (Å²) in [6.45, 7) is 0.0790. The summed E-state index contributed by atoms with van der Waals surface area (Å²) < 4.78 is 29.1. The van der Waals surface area contributed by atoms with E-state index in [1.807, 2.05) is 5.43 Å². The Morgan fingerprint density at radius 3 is 2.25 bits per heavy atom. The summed E-state index contributed by atoms with van der Waals surface area (Å²) in [4.78, 5) is 23.7. The molecule has 0 atom stereocenters. The number of anilines is 1. The average Bonchev–Trinajstić information content (AvgIpc) is 2.89. The fourth-order valence-corrected chi connectivity index (χ4v) is 3.94. The molecule has 0 aliphatic heterocycles. The van der Waals surface area contributed by atoms with E-state index >= 15 is 0 Å². The lowest BCUT2D eigenvalue weighted by atomic mass is 10.1. The molecule has 3 rings (SSSR count). The monoisotopic (exact) mass is 403 g/mol. The summed E-state index contributed by atoms with van der Waals surface area (Å²) in [6.07, 6.45) is 1.12. The molecular weight excluding hydrogens is 382 g/mol. The third-order valence-corrected chi connectivity index (χ3v) is 5.76. The number of hydrazine groups is 1. The summed E-state index contributed by atoms with van der Waals surface area (Å²) in [7, 11) is -0.288. The number of sulfonamides is 1. The number of carbonyl (C=O) groups is 1. The van der Waals surface area contributed by atoms with Gasteiger partial charge >= 0.3 is 5.69 Å². The Kier molecular flexibility index (Phi) is 5.01. The summed E-state index contributed by atoms with van der Waals surface area (Å²) in [5, 5.41) is 0. The molecule has 0 bridgehead atoms. The van der Waals surface area contributed by atoms with Crippen LogP contribution in [0.1, 0.15) is 15.9 Å². The number of benzene rings is 2. The number of hydrogen-bond acceptors (Lipinski definition) is 5. The second-order valence-electron chi connectivity index (χ2n) is 6.51. The summed E-state index contributed by atoms with van der Waals surface area (Å²) in [5.74, 6) is 4.68. The maximum Gasteiger partial charge on any atom is 0.328 e. The van der Waals surface area contributed by atoms with Gasteiger partial charge in [0, 0.05) is 19.7 Å². The van der Waals surface area contributed by atoms with Crippen LogP contribution in [0.2, 0.25) is 0 Å². The van der Waals surface area contributed by atoms with Crippen molar-refractivity contribution in [2.45, 2.75) is 6.54 Å². The first-order valence-corrected chi connectivity index (χ1v) is 10.2. The summed E-state index contributed by atoms with van der Waals surface area (Å²) in [6, 6.07) is 11.5. The molecule has 1 aromatic heterocycles. The van der Waals surface area contributed by atoms with E-state index < -0.39 is 15.9 Å². The molecule has 9 nitrogen and oxygen atoms in total. The van der Waals surface area contributed by atoms with Crippen molar-refractivity contribution in [3.8, 4) is 0 Å². The van der Waals surface area contributed by atoms with Crippen LogP contribution in [0.15, 0.2) is 47.3 Å². The molecule has 148 valence electrons. The van der Waals surface area contributed by atoms with Crippen molar-refractivity contribution in [1.29, 1.82) is 0 Å². The van der Waals surface area contributed by atoms with Crippen LogP contribution in [0.4, 0.5) is 5.69 Å². The lowest BCUT2D eigenvalue weighted by molar-refractivity contribution is 0.0953. The standard InChI is InChI=1S/C18H21N5O4S/c1-21-15-9-8-14(10-16(15)22(2)18(21)25)23(28(3,26)27)11-12-4-6-13(7-5-12)17(24)20-19/h4-10H,11,19H2,1-3H3,(H,20,24). The molecule has 0 radical (unpaired) electrons. The van der Waals surface area contributed by atoms with Crippen LogP contribution in [0.5, 0.6) is 0 Å². The van der Waals surface area contributed by atoms with Crippen LogP contribution in [0, 0.1) is 0 Å². The van der Waals surface area contributed by atoms with Crippen LogP contribution < -0.4 is 21.3 Å². The number of nitrogen functional groups attached to an aromatic ring is 1. The molecule has 0 aliphatic carbocycles. The van der Waals surface area contributed by atoms with Crippen molar-refractivity contribution in [2.24, 2.45) is 19.9 Å². The molecule has 0 aliphatic rings.